The maximum atomic E-state index is 12.5. The number of aliphatic hydroxyl groups excluding tert-OH is 1. The molecular formula is C20H25NO3. The SMILES string of the molecule is COc1ccc(C(C)(C)C(=O)NCC[C@@H](O)c2ccccc2)cc1. The number of carbonyl (C=O) groups is 1. The molecule has 2 aromatic rings. The highest BCUT2D eigenvalue weighted by molar-refractivity contribution is 5.87. The summed E-state index contributed by atoms with van der Waals surface area (Å²) in [7, 11) is 1.62. The van der Waals surface area contributed by atoms with Gasteiger partial charge in [-0.25, -0.2) is 0 Å². The van der Waals surface area contributed by atoms with Crippen LogP contribution in [0.5, 0.6) is 5.75 Å². The molecule has 0 saturated carbocycles. The van der Waals surface area contributed by atoms with Gasteiger partial charge in [-0.15, -0.1) is 0 Å². The molecule has 2 rings (SSSR count). The van der Waals surface area contributed by atoms with Gasteiger partial charge in [-0.2, -0.15) is 0 Å². The first-order valence-electron chi connectivity index (χ1n) is 8.11. The van der Waals surface area contributed by atoms with Crippen LogP contribution in [0.25, 0.3) is 0 Å². The van der Waals surface area contributed by atoms with Crippen molar-refractivity contribution in [1.82, 2.24) is 5.32 Å². The molecule has 4 heteroatoms. The van der Waals surface area contributed by atoms with E-state index in [-0.39, 0.29) is 5.91 Å². The second-order valence-corrected chi connectivity index (χ2v) is 6.32. The summed E-state index contributed by atoms with van der Waals surface area (Å²) in [5.74, 6) is 0.703. The molecule has 0 spiro atoms. The number of hydrogen-bond acceptors (Lipinski definition) is 3. The summed E-state index contributed by atoms with van der Waals surface area (Å²) in [6, 6.07) is 17.0. The van der Waals surface area contributed by atoms with E-state index >= 15 is 0 Å². The normalized spacial score (nSPS) is 12.5. The molecule has 0 unspecified atom stereocenters. The third-order valence-electron chi connectivity index (χ3n) is 4.27. The van der Waals surface area contributed by atoms with E-state index in [1.54, 1.807) is 7.11 Å². The van der Waals surface area contributed by atoms with Crippen molar-refractivity contribution in [2.24, 2.45) is 0 Å². The highest BCUT2D eigenvalue weighted by Crippen LogP contribution is 2.25. The molecule has 0 bridgehead atoms. The smallest absolute Gasteiger partial charge is 0.230 e. The average molecular weight is 327 g/mol. The van der Waals surface area contributed by atoms with E-state index in [9.17, 15) is 9.90 Å². The van der Waals surface area contributed by atoms with Crippen LogP contribution >= 0.6 is 0 Å². The maximum absolute atomic E-state index is 12.5. The zero-order chi connectivity index (χ0) is 17.6. The third kappa shape index (κ3) is 4.36. The van der Waals surface area contributed by atoms with Gasteiger partial charge in [0.2, 0.25) is 5.91 Å². The summed E-state index contributed by atoms with van der Waals surface area (Å²) in [6.45, 7) is 4.20. The number of benzene rings is 2. The number of aliphatic hydroxyl groups is 1. The minimum Gasteiger partial charge on any atom is -0.497 e. The van der Waals surface area contributed by atoms with Crippen LogP contribution in [0, 0.1) is 0 Å². The molecule has 0 aromatic heterocycles. The molecule has 0 heterocycles. The van der Waals surface area contributed by atoms with Gasteiger partial charge in [-0.1, -0.05) is 42.5 Å². The second kappa shape index (κ2) is 7.97. The number of rotatable bonds is 7. The van der Waals surface area contributed by atoms with Crippen molar-refractivity contribution in [2.75, 3.05) is 13.7 Å². The highest BCUT2D eigenvalue weighted by Gasteiger charge is 2.29. The van der Waals surface area contributed by atoms with E-state index in [1.807, 2.05) is 68.4 Å². The van der Waals surface area contributed by atoms with E-state index in [0.717, 1.165) is 16.9 Å². The van der Waals surface area contributed by atoms with E-state index in [4.69, 9.17) is 4.74 Å². The van der Waals surface area contributed by atoms with Crippen molar-refractivity contribution in [3.05, 3.63) is 65.7 Å². The quantitative estimate of drug-likeness (QED) is 0.821. The van der Waals surface area contributed by atoms with Crippen LogP contribution in [0.15, 0.2) is 54.6 Å². The molecule has 0 fully saturated rings. The number of methoxy groups -OCH3 is 1. The van der Waals surface area contributed by atoms with Gasteiger partial charge >= 0.3 is 0 Å². The molecule has 4 nitrogen and oxygen atoms in total. The second-order valence-electron chi connectivity index (χ2n) is 6.32. The molecule has 0 radical (unpaired) electrons. The van der Waals surface area contributed by atoms with Gasteiger partial charge in [-0.05, 0) is 43.5 Å². The van der Waals surface area contributed by atoms with Crippen molar-refractivity contribution in [3.8, 4) is 5.75 Å². The van der Waals surface area contributed by atoms with Gasteiger partial charge in [0.1, 0.15) is 5.75 Å². The molecule has 2 N–H and O–H groups in total. The predicted octanol–water partition coefficient (Wildman–Crippen LogP) is 3.21. The summed E-state index contributed by atoms with van der Waals surface area (Å²) in [6.07, 6.45) is -0.0929. The van der Waals surface area contributed by atoms with Gasteiger partial charge in [-0.3, -0.25) is 4.79 Å². The lowest BCUT2D eigenvalue weighted by molar-refractivity contribution is -0.125. The first kappa shape index (κ1) is 18.0. The molecule has 0 aliphatic carbocycles. The van der Waals surface area contributed by atoms with E-state index in [1.165, 1.54) is 0 Å². The van der Waals surface area contributed by atoms with Crippen LogP contribution in [0.2, 0.25) is 0 Å². The minimum atomic E-state index is -0.649. The van der Waals surface area contributed by atoms with Crippen LogP contribution in [-0.4, -0.2) is 24.7 Å². The Morgan fingerprint density at radius 1 is 1.12 bits per heavy atom. The zero-order valence-electron chi connectivity index (χ0n) is 14.5. The third-order valence-corrected chi connectivity index (χ3v) is 4.27. The Balaban J connectivity index is 1.90. The van der Waals surface area contributed by atoms with Crippen molar-refractivity contribution < 1.29 is 14.6 Å². The fraction of sp³-hybridized carbons (Fsp3) is 0.350. The highest BCUT2D eigenvalue weighted by atomic mass is 16.5. The summed E-state index contributed by atoms with van der Waals surface area (Å²) in [4.78, 5) is 12.5. The van der Waals surface area contributed by atoms with Crippen LogP contribution in [-0.2, 0) is 10.2 Å². The van der Waals surface area contributed by atoms with Crippen molar-refractivity contribution >= 4 is 5.91 Å². The summed E-state index contributed by atoms with van der Waals surface area (Å²) < 4.78 is 5.15. The number of carbonyl (C=O) groups excluding carboxylic acids is 1. The zero-order valence-corrected chi connectivity index (χ0v) is 14.5. The maximum Gasteiger partial charge on any atom is 0.230 e. The fourth-order valence-electron chi connectivity index (χ4n) is 2.52. The lowest BCUT2D eigenvalue weighted by Crippen LogP contribution is -2.40. The van der Waals surface area contributed by atoms with Gasteiger partial charge in [0, 0.05) is 6.54 Å². The molecule has 1 amide bonds. The van der Waals surface area contributed by atoms with Gasteiger partial charge < -0.3 is 15.2 Å². The first-order valence-corrected chi connectivity index (χ1v) is 8.11. The van der Waals surface area contributed by atoms with Crippen LogP contribution in [0.1, 0.15) is 37.5 Å². The number of hydrogen-bond donors (Lipinski definition) is 2. The molecule has 24 heavy (non-hydrogen) atoms. The molecule has 0 saturated heterocycles. The summed E-state index contributed by atoms with van der Waals surface area (Å²) >= 11 is 0. The Kier molecular flexibility index (Phi) is 5.99. The number of nitrogens with one attached hydrogen (secondary N) is 1. The minimum absolute atomic E-state index is 0.0621. The summed E-state index contributed by atoms with van der Waals surface area (Å²) in [5.41, 5.74) is 1.13. The Bertz CT molecular complexity index is 650. The molecule has 1 atom stereocenters. The molecule has 0 aliphatic rings. The topological polar surface area (TPSA) is 58.6 Å². The standard InChI is InChI=1S/C20H25NO3/c1-20(2,16-9-11-17(24-3)12-10-16)19(23)21-14-13-18(22)15-7-5-4-6-8-15/h4-12,18,22H,13-14H2,1-3H3,(H,21,23)/t18-/m1/s1. The Labute approximate surface area is 143 Å². The Morgan fingerprint density at radius 3 is 2.33 bits per heavy atom. The number of ether oxygens (including phenoxy) is 1. The van der Waals surface area contributed by atoms with Crippen molar-refractivity contribution in [1.29, 1.82) is 0 Å². The summed E-state index contributed by atoms with van der Waals surface area (Å²) in [5, 5.41) is 13.1. The predicted molar refractivity (Wildman–Crippen MR) is 95.0 cm³/mol. The fourth-order valence-corrected chi connectivity index (χ4v) is 2.52. The monoisotopic (exact) mass is 327 g/mol. The van der Waals surface area contributed by atoms with Gasteiger partial charge in [0.25, 0.3) is 0 Å². The Morgan fingerprint density at radius 2 is 1.75 bits per heavy atom. The Hall–Kier alpha value is -2.33. The van der Waals surface area contributed by atoms with E-state index in [2.05, 4.69) is 5.32 Å². The van der Waals surface area contributed by atoms with Crippen LogP contribution in [0.3, 0.4) is 0 Å². The largest absolute Gasteiger partial charge is 0.497 e. The van der Waals surface area contributed by atoms with Gasteiger partial charge in [0.15, 0.2) is 0 Å². The van der Waals surface area contributed by atoms with E-state index in [0.29, 0.717) is 13.0 Å². The molecule has 0 aliphatic heterocycles. The average Bonchev–Trinajstić information content (AvgIpc) is 2.62. The van der Waals surface area contributed by atoms with Crippen LogP contribution in [0.4, 0.5) is 0 Å². The first-order chi connectivity index (χ1) is 11.4. The lowest BCUT2D eigenvalue weighted by atomic mass is 9.83. The van der Waals surface area contributed by atoms with Gasteiger partial charge in [0.05, 0.1) is 18.6 Å². The number of amides is 1. The lowest BCUT2D eigenvalue weighted by Gasteiger charge is -2.24. The van der Waals surface area contributed by atoms with Crippen molar-refractivity contribution in [3.63, 3.8) is 0 Å². The van der Waals surface area contributed by atoms with Crippen molar-refractivity contribution in [2.45, 2.75) is 31.8 Å². The molecule has 128 valence electrons. The molecule has 2 aromatic carbocycles. The van der Waals surface area contributed by atoms with Crippen LogP contribution < -0.4 is 10.1 Å². The van der Waals surface area contributed by atoms with E-state index < -0.39 is 11.5 Å². The molecular weight excluding hydrogens is 302 g/mol.